The Hall–Kier alpha value is 0.160. The van der Waals surface area contributed by atoms with Crippen molar-refractivity contribution in [3.63, 3.8) is 0 Å². The SMILES string of the molecule is Cl.NC[C@@H]1CCS(=O)(=O)N1. The van der Waals surface area contributed by atoms with Crippen molar-refractivity contribution >= 4 is 22.4 Å². The van der Waals surface area contributed by atoms with E-state index in [0.29, 0.717) is 13.0 Å². The van der Waals surface area contributed by atoms with Crippen molar-refractivity contribution in [2.24, 2.45) is 5.73 Å². The molecule has 1 heterocycles. The van der Waals surface area contributed by atoms with Crippen LogP contribution in [0.25, 0.3) is 0 Å². The van der Waals surface area contributed by atoms with Gasteiger partial charge in [-0.1, -0.05) is 0 Å². The summed E-state index contributed by atoms with van der Waals surface area (Å²) in [5.41, 5.74) is 5.23. The molecule has 1 rings (SSSR count). The van der Waals surface area contributed by atoms with E-state index >= 15 is 0 Å². The van der Waals surface area contributed by atoms with Crippen molar-refractivity contribution in [2.75, 3.05) is 12.3 Å². The van der Waals surface area contributed by atoms with Crippen LogP contribution in [0.5, 0.6) is 0 Å². The standard InChI is InChI=1S/C4H10N2O2S.ClH/c5-3-4-1-2-9(7,8)6-4;/h4,6H,1-3,5H2;1H/t4-;/m0./s1. The molecule has 1 saturated heterocycles. The molecule has 3 N–H and O–H groups in total. The molecule has 0 amide bonds. The summed E-state index contributed by atoms with van der Waals surface area (Å²) in [5, 5.41) is 0. The maximum Gasteiger partial charge on any atom is 0.211 e. The van der Waals surface area contributed by atoms with Crippen LogP contribution in [0, 0.1) is 0 Å². The lowest BCUT2D eigenvalue weighted by molar-refractivity contribution is 0.582. The van der Waals surface area contributed by atoms with Gasteiger partial charge in [-0.3, -0.25) is 0 Å². The minimum absolute atomic E-state index is 0. The van der Waals surface area contributed by atoms with Crippen LogP contribution in [0.3, 0.4) is 0 Å². The maximum absolute atomic E-state index is 10.6. The molecule has 6 heteroatoms. The molecule has 1 aliphatic rings. The van der Waals surface area contributed by atoms with Gasteiger partial charge in [0.15, 0.2) is 0 Å². The van der Waals surface area contributed by atoms with Gasteiger partial charge in [0.2, 0.25) is 10.0 Å². The maximum atomic E-state index is 10.6. The van der Waals surface area contributed by atoms with Crippen LogP contribution < -0.4 is 10.5 Å². The van der Waals surface area contributed by atoms with Crippen molar-refractivity contribution in [3.8, 4) is 0 Å². The molecule has 4 nitrogen and oxygen atoms in total. The normalized spacial score (nSPS) is 29.5. The highest BCUT2D eigenvalue weighted by Gasteiger charge is 2.24. The summed E-state index contributed by atoms with van der Waals surface area (Å²) < 4.78 is 23.7. The van der Waals surface area contributed by atoms with E-state index < -0.39 is 10.0 Å². The van der Waals surface area contributed by atoms with Crippen molar-refractivity contribution in [3.05, 3.63) is 0 Å². The second kappa shape index (κ2) is 3.52. The van der Waals surface area contributed by atoms with E-state index in [-0.39, 0.29) is 24.2 Å². The lowest BCUT2D eigenvalue weighted by Crippen LogP contribution is -2.32. The summed E-state index contributed by atoms with van der Waals surface area (Å²) in [6.07, 6.45) is 0.652. The van der Waals surface area contributed by atoms with E-state index in [4.69, 9.17) is 5.73 Å². The largest absolute Gasteiger partial charge is 0.329 e. The van der Waals surface area contributed by atoms with Crippen molar-refractivity contribution in [1.29, 1.82) is 0 Å². The number of nitrogens with two attached hydrogens (primary N) is 1. The van der Waals surface area contributed by atoms with Gasteiger partial charge in [0.25, 0.3) is 0 Å². The molecule has 62 valence electrons. The highest BCUT2D eigenvalue weighted by atomic mass is 35.5. The third-order valence-corrected chi connectivity index (χ3v) is 2.83. The molecular formula is C4H11ClN2O2S. The molecule has 0 bridgehead atoms. The number of hydrogen-bond donors (Lipinski definition) is 2. The average molecular weight is 187 g/mol. The molecule has 0 aliphatic carbocycles. The number of halogens is 1. The smallest absolute Gasteiger partial charge is 0.211 e. The predicted octanol–water partition coefficient (Wildman–Crippen LogP) is -0.941. The van der Waals surface area contributed by atoms with E-state index in [1.165, 1.54) is 0 Å². The lowest BCUT2D eigenvalue weighted by atomic mass is 10.2. The minimum atomic E-state index is -2.94. The summed E-state index contributed by atoms with van der Waals surface area (Å²) in [6.45, 7) is 0.402. The molecular weight excluding hydrogens is 176 g/mol. The predicted molar refractivity (Wildman–Crippen MR) is 41.6 cm³/mol. The fraction of sp³-hybridized carbons (Fsp3) is 1.00. The molecule has 0 saturated carbocycles. The lowest BCUT2D eigenvalue weighted by Gasteiger charge is -2.01. The van der Waals surface area contributed by atoms with Crippen molar-refractivity contribution in [1.82, 2.24) is 4.72 Å². The van der Waals surface area contributed by atoms with E-state index in [9.17, 15) is 8.42 Å². The van der Waals surface area contributed by atoms with E-state index in [2.05, 4.69) is 4.72 Å². The van der Waals surface area contributed by atoms with Gasteiger partial charge in [-0.05, 0) is 6.42 Å². The van der Waals surface area contributed by atoms with Gasteiger partial charge in [-0.15, -0.1) is 12.4 Å². The Balaban J connectivity index is 0.000000810. The van der Waals surface area contributed by atoms with E-state index in [1.54, 1.807) is 0 Å². The molecule has 0 aromatic heterocycles. The van der Waals surface area contributed by atoms with Crippen LogP contribution in [0.15, 0.2) is 0 Å². The summed E-state index contributed by atoms with van der Waals surface area (Å²) in [7, 11) is -2.94. The fourth-order valence-corrected chi connectivity index (χ4v) is 2.27. The monoisotopic (exact) mass is 186 g/mol. The first-order valence-electron chi connectivity index (χ1n) is 2.84. The van der Waals surface area contributed by atoms with Crippen molar-refractivity contribution in [2.45, 2.75) is 12.5 Å². The summed E-state index contributed by atoms with van der Waals surface area (Å²) in [4.78, 5) is 0. The van der Waals surface area contributed by atoms with Gasteiger partial charge >= 0.3 is 0 Å². The Morgan fingerprint density at radius 2 is 2.20 bits per heavy atom. The van der Waals surface area contributed by atoms with Crippen LogP contribution in [-0.4, -0.2) is 26.8 Å². The second-order valence-electron chi connectivity index (χ2n) is 2.16. The van der Waals surface area contributed by atoms with Gasteiger partial charge in [0.05, 0.1) is 5.75 Å². The molecule has 1 atom stereocenters. The van der Waals surface area contributed by atoms with Crippen LogP contribution in [0.2, 0.25) is 0 Å². The Morgan fingerprint density at radius 1 is 1.60 bits per heavy atom. The van der Waals surface area contributed by atoms with Crippen LogP contribution >= 0.6 is 12.4 Å². The third-order valence-electron chi connectivity index (χ3n) is 1.37. The fourth-order valence-electron chi connectivity index (χ4n) is 0.835. The summed E-state index contributed by atoms with van der Waals surface area (Å²) in [5.74, 6) is 0.231. The summed E-state index contributed by atoms with van der Waals surface area (Å²) >= 11 is 0. The second-order valence-corrected chi connectivity index (χ2v) is 4.03. The molecule has 10 heavy (non-hydrogen) atoms. The highest BCUT2D eigenvalue weighted by Crippen LogP contribution is 2.04. The van der Waals surface area contributed by atoms with Gasteiger partial charge in [-0.2, -0.15) is 0 Å². The quantitative estimate of drug-likeness (QED) is 0.555. The zero-order valence-corrected chi connectivity index (χ0v) is 7.04. The molecule has 0 aromatic carbocycles. The van der Waals surface area contributed by atoms with Gasteiger partial charge in [-0.25, -0.2) is 13.1 Å². The first-order valence-corrected chi connectivity index (χ1v) is 4.49. The molecule has 0 radical (unpaired) electrons. The molecule has 0 unspecified atom stereocenters. The first-order chi connectivity index (χ1) is 4.14. The van der Waals surface area contributed by atoms with Gasteiger partial charge in [0.1, 0.15) is 0 Å². The van der Waals surface area contributed by atoms with Gasteiger partial charge < -0.3 is 5.73 Å². The van der Waals surface area contributed by atoms with E-state index in [0.717, 1.165) is 0 Å². The number of sulfonamides is 1. The minimum Gasteiger partial charge on any atom is -0.329 e. The Bertz CT molecular complexity index is 191. The van der Waals surface area contributed by atoms with Crippen LogP contribution in [-0.2, 0) is 10.0 Å². The van der Waals surface area contributed by atoms with Crippen LogP contribution in [0.1, 0.15) is 6.42 Å². The summed E-state index contributed by atoms with van der Waals surface area (Å²) in [6, 6.07) is -0.0185. The Kier molecular flexibility index (Phi) is 3.58. The average Bonchev–Trinajstić information content (AvgIpc) is 2.10. The molecule has 0 spiro atoms. The first kappa shape index (κ1) is 10.2. The zero-order valence-electron chi connectivity index (χ0n) is 5.41. The molecule has 1 aliphatic heterocycles. The Morgan fingerprint density at radius 3 is 2.40 bits per heavy atom. The molecule has 0 aromatic rings. The third kappa shape index (κ3) is 2.42. The van der Waals surface area contributed by atoms with Crippen LogP contribution in [0.4, 0.5) is 0 Å². The topological polar surface area (TPSA) is 72.2 Å². The van der Waals surface area contributed by atoms with Gasteiger partial charge in [0, 0.05) is 12.6 Å². The number of rotatable bonds is 1. The highest BCUT2D eigenvalue weighted by molar-refractivity contribution is 7.89. The molecule has 1 fully saturated rings. The number of hydrogen-bond acceptors (Lipinski definition) is 3. The van der Waals surface area contributed by atoms with E-state index in [1.807, 2.05) is 0 Å². The Labute approximate surface area is 66.6 Å². The zero-order chi connectivity index (χ0) is 6.91. The van der Waals surface area contributed by atoms with Crippen molar-refractivity contribution < 1.29 is 8.42 Å². The number of nitrogens with one attached hydrogen (secondary N) is 1.